The third-order valence-corrected chi connectivity index (χ3v) is 9.78. The zero-order valence-corrected chi connectivity index (χ0v) is 18.0. The van der Waals surface area contributed by atoms with E-state index in [4.69, 9.17) is 9.16 Å². The number of hydrogen-bond donors (Lipinski definition) is 0. The zero-order chi connectivity index (χ0) is 19.0. The Bertz CT molecular complexity index is 397. The number of unbranched alkanes of at least 4 members (excludes halogenated alkanes) is 1. The number of hydrogen-bond acceptors (Lipinski definition) is 4. The van der Waals surface area contributed by atoms with Gasteiger partial charge in [-0.25, -0.2) is 0 Å². The Morgan fingerprint density at radius 1 is 1.12 bits per heavy atom. The molecule has 0 rings (SSSR count). The van der Waals surface area contributed by atoms with Crippen molar-refractivity contribution < 1.29 is 18.8 Å². The summed E-state index contributed by atoms with van der Waals surface area (Å²) in [4.78, 5) is 22.8. The third kappa shape index (κ3) is 7.93. The monoisotopic (exact) mass is 358 g/mol. The molecule has 0 spiro atoms. The second kappa shape index (κ2) is 9.71. The van der Waals surface area contributed by atoms with Crippen molar-refractivity contribution in [2.45, 2.75) is 84.9 Å². The molecule has 0 radical (unpaired) electrons. The molecule has 0 aromatic heterocycles. The third-order valence-electron chi connectivity index (χ3n) is 5.24. The summed E-state index contributed by atoms with van der Waals surface area (Å²) in [5, 5.41) is 0.234. The molecule has 0 heterocycles. The Labute approximate surface area is 149 Å². The minimum Gasteiger partial charge on any atom is -0.469 e. The molecule has 1 atom stereocenters. The van der Waals surface area contributed by atoms with E-state index in [9.17, 15) is 9.59 Å². The zero-order valence-electron chi connectivity index (χ0n) is 17.0. The lowest BCUT2D eigenvalue weighted by Gasteiger charge is -2.36. The molecule has 0 aliphatic rings. The number of esters is 1. The van der Waals surface area contributed by atoms with Gasteiger partial charge < -0.3 is 14.0 Å². The largest absolute Gasteiger partial charge is 0.469 e. The molecular formula is C19H38O4Si. The van der Waals surface area contributed by atoms with Gasteiger partial charge in [0.15, 0.2) is 8.32 Å². The summed E-state index contributed by atoms with van der Waals surface area (Å²) in [6.45, 7) is 15.8. The number of rotatable bonds is 11. The Balaban J connectivity index is 4.33. The van der Waals surface area contributed by atoms with Crippen LogP contribution in [0.4, 0.5) is 0 Å². The predicted molar refractivity (Wildman–Crippen MR) is 102 cm³/mol. The highest BCUT2D eigenvalue weighted by molar-refractivity contribution is 6.74. The standard InChI is InChI=1S/C19H38O4Si/c1-18(2,3)24(7,8)23-14-10-9-11-16(12-13-20)15-19(4,5)17(21)22-6/h13,16H,9-12,14-15H2,1-8H3. The van der Waals surface area contributed by atoms with E-state index >= 15 is 0 Å². The summed E-state index contributed by atoms with van der Waals surface area (Å²) >= 11 is 0. The molecule has 0 saturated heterocycles. The summed E-state index contributed by atoms with van der Waals surface area (Å²) in [6, 6.07) is 0. The molecule has 0 aromatic rings. The van der Waals surface area contributed by atoms with Crippen molar-refractivity contribution in [1.29, 1.82) is 0 Å². The first kappa shape index (κ1) is 23.3. The molecule has 0 fully saturated rings. The molecule has 142 valence electrons. The second-order valence-electron chi connectivity index (χ2n) is 8.95. The fourth-order valence-electron chi connectivity index (χ4n) is 2.60. The maximum absolute atomic E-state index is 11.8. The van der Waals surface area contributed by atoms with Gasteiger partial charge in [0.1, 0.15) is 6.29 Å². The minimum atomic E-state index is -1.67. The van der Waals surface area contributed by atoms with Crippen LogP contribution in [0.2, 0.25) is 18.1 Å². The molecule has 0 bridgehead atoms. The van der Waals surface area contributed by atoms with E-state index in [0.29, 0.717) is 12.8 Å². The quantitative estimate of drug-likeness (QED) is 0.226. The molecule has 0 saturated carbocycles. The van der Waals surface area contributed by atoms with Gasteiger partial charge in [-0.2, -0.15) is 0 Å². The molecular weight excluding hydrogens is 320 g/mol. The van der Waals surface area contributed by atoms with Crippen molar-refractivity contribution in [1.82, 2.24) is 0 Å². The first-order valence-corrected chi connectivity index (χ1v) is 11.9. The predicted octanol–water partition coefficient (Wildman–Crippen LogP) is 4.97. The fourth-order valence-corrected chi connectivity index (χ4v) is 3.69. The number of aldehydes is 1. The number of carbonyl (C=O) groups excluding carboxylic acids is 2. The van der Waals surface area contributed by atoms with Crippen molar-refractivity contribution in [3.63, 3.8) is 0 Å². The molecule has 0 N–H and O–H groups in total. The Hall–Kier alpha value is -0.683. The molecule has 24 heavy (non-hydrogen) atoms. The van der Waals surface area contributed by atoms with Gasteiger partial charge in [-0.1, -0.05) is 27.2 Å². The van der Waals surface area contributed by atoms with Gasteiger partial charge >= 0.3 is 5.97 Å². The highest BCUT2D eigenvalue weighted by Crippen LogP contribution is 2.36. The maximum atomic E-state index is 11.8. The van der Waals surface area contributed by atoms with Crippen molar-refractivity contribution in [3.8, 4) is 0 Å². The van der Waals surface area contributed by atoms with E-state index in [0.717, 1.165) is 32.2 Å². The van der Waals surface area contributed by atoms with Gasteiger partial charge in [0.25, 0.3) is 0 Å². The smallest absolute Gasteiger partial charge is 0.311 e. The average molecular weight is 359 g/mol. The summed E-state index contributed by atoms with van der Waals surface area (Å²) in [6.07, 6.45) is 5.11. The lowest BCUT2D eigenvalue weighted by atomic mass is 9.80. The SMILES string of the molecule is COC(=O)C(C)(C)CC(CC=O)CCCCO[Si](C)(C)C(C)(C)C. The van der Waals surface area contributed by atoms with Crippen LogP contribution in [-0.2, 0) is 18.8 Å². The molecule has 4 nitrogen and oxygen atoms in total. The summed E-state index contributed by atoms with van der Waals surface area (Å²) in [5.74, 6) is 0.0177. The molecule has 0 amide bonds. The van der Waals surface area contributed by atoms with Gasteiger partial charge in [0, 0.05) is 13.0 Å². The van der Waals surface area contributed by atoms with Crippen LogP contribution in [0.1, 0.15) is 66.7 Å². The van der Waals surface area contributed by atoms with Crippen LogP contribution in [0, 0.1) is 11.3 Å². The number of carbonyl (C=O) groups is 2. The fraction of sp³-hybridized carbons (Fsp3) is 0.895. The van der Waals surface area contributed by atoms with Crippen molar-refractivity contribution in [2.24, 2.45) is 11.3 Å². The van der Waals surface area contributed by atoms with Crippen molar-refractivity contribution in [3.05, 3.63) is 0 Å². The topological polar surface area (TPSA) is 52.6 Å². The van der Waals surface area contributed by atoms with E-state index in [1.54, 1.807) is 0 Å². The summed E-state index contributed by atoms with van der Waals surface area (Å²) in [5.41, 5.74) is -0.542. The van der Waals surface area contributed by atoms with Crippen LogP contribution in [-0.4, -0.2) is 34.3 Å². The van der Waals surface area contributed by atoms with Gasteiger partial charge in [-0.05, 0) is 57.2 Å². The van der Waals surface area contributed by atoms with Gasteiger partial charge in [0.05, 0.1) is 12.5 Å². The first-order chi connectivity index (χ1) is 10.9. The minimum absolute atomic E-state index is 0.209. The normalized spacial score (nSPS) is 14.3. The van der Waals surface area contributed by atoms with Crippen LogP contribution in [0.3, 0.4) is 0 Å². The van der Waals surface area contributed by atoms with Crippen LogP contribution in [0.15, 0.2) is 0 Å². The number of ether oxygens (including phenoxy) is 1. The van der Waals surface area contributed by atoms with Gasteiger partial charge in [0.2, 0.25) is 0 Å². The van der Waals surface area contributed by atoms with Gasteiger partial charge in [-0.15, -0.1) is 0 Å². The van der Waals surface area contributed by atoms with E-state index in [1.807, 2.05) is 13.8 Å². The van der Waals surface area contributed by atoms with E-state index in [2.05, 4.69) is 33.9 Å². The maximum Gasteiger partial charge on any atom is 0.311 e. The second-order valence-corrected chi connectivity index (χ2v) is 13.8. The molecule has 0 aliphatic carbocycles. The Morgan fingerprint density at radius 3 is 2.17 bits per heavy atom. The lowest BCUT2D eigenvalue weighted by molar-refractivity contribution is -0.152. The Morgan fingerprint density at radius 2 is 1.71 bits per heavy atom. The Kier molecular flexibility index (Phi) is 9.43. The van der Waals surface area contributed by atoms with Crippen LogP contribution in [0.5, 0.6) is 0 Å². The summed E-state index contributed by atoms with van der Waals surface area (Å²) < 4.78 is 11.1. The first-order valence-electron chi connectivity index (χ1n) is 9.03. The van der Waals surface area contributed by atoms with Crippen LogP contribution in [0.25, 0.3) is 0 Å². The highest BCUT2D eigenvalue weighted by Gasteiger charge is 2.37. The number of methoxy groups -OCH3 is 1. The molecule has 0 aliphatic heterocycles. The summed E-state index contributed by atoms with van der Waals surface area (Å²) in [7, 11) is -0.259. The molecule has 0 aromatic carbocycles. The van der Waals surface area contributed by atoms with E-state index in [1.165, 1.54) is 7.11 Å². The van der Waals surface area contributed by atoms with E-state index < -0.39 is 13.7 Å². The van der Waals surface area contributed by atoms with Crippen molar-refractivity contribution >= 4 is 20.6 Å². The van der Waals surface area contributed by atoms with Crippen LogP contribution >= 0.6 is 0 Å². The average Bonchev–Trinajstić information content (AvgIpc) is 2.44. The van der Waals surface area contributed by atoms with Gasteiger partial charge in [-0.3, -0.25) is 4.79 Å². The molecule has 5 heteroatoms. The highest BCUT2D eigenvalue weighted by atomic mass is 28.4. The lowest BCUT2D eigenvalue weighted by Crippen LogP contribution is -2.40. The van der Waals surface area contributed by atoms with Crippen molar-refractivity contribution in [2.75, 3.05) is 13.7 Å². The molecule has 1 unspecified atom stereocenters. The van der Waals surface area contributed by atoms with Crippen LogP contribution < -0.4 is 0 Å². The van der Waals surface area contributed by atoms with E-state index in [-0.39, 0.29) is 16.9 Å².